The summed E-state index contributed by atoms with van der Waals surface area (Å²) in [4.78, 5) is 24.1. The highest BCUT2D eigenvalue weighted by Crippen LogP contribution is 2.16. The Morgan fingerprint density at radius 1 is 1.09 bits per heavy atom. The lowest BCUT2D eigenvalue weighted by atomic mass is 10.1. The van der Waals surface area contributed by atoms with Crippen LogP contribution in [0, 0.1) is 0 Å². The number of rotatable bonds is 3. The van der Waals surface area contributed by atoms with Crippen LogP contribution in [0.1, 0.15) is 15.9 Å². The summed E-state index contributed by atoms with van der Waals surface area (Å²) in [6, 6.07) is 12.6. The van der Waals surface area contributed by atoms with Crippen molar-refractivity contribution in [2.45, 2.75) is 6.54 Å². The Kier molecular flexibility index (Phi) is 3.96. The van der Waals surface area contributed by atoms with Crippen LogP contribution in [0.4, 0.5) is 0 Å². The van der Waals surface area contributed by atoms with Crippen molar-refractivity contribution in [3.63, 3.8) is 0 Å². The van der Waals surface area contributed by atoms with Gasteiger partial charge >= 0.3 is 5.69 Å². The number of carbonyl (C=O) groups is 1. The van der Waals surface area contributed by atoms with Gasteiger partial charge in [-0.1, -0.05) is 29.8 Å². The quantitative estimate of drug-likeness (QED) is 0.802. The van der Waals surface area contributed by atoms with Crippen LogP contribution in [0.25, 0.3) is 11.0 Å². The summed E-state index contributed by atoms with van der Waals surface area (Å²) in [7, 11) is 3.47. The van der Waals surface area contributed by atoms with E-state index in [0.29, 0.717) is 17.1 Å². The molecule has 6 heteroatoms. The van der Waals surface area contributed by atoms with Crippen LogP contribution in [0.5, 0.6) is 0 Å². The van der Waals surface area contributed by atoms with Gasteiger partial charge in [-0.2, -0.15) is 0 Å². The van der Waals surface area contributed by atoms with Crippen LogP contribution in [0.3, 0.4) is 0 Å². The average molecular weight is 330 g/mol. The van der Waals surface area contributed by atoms with Gasteiger partial charge in [0.05, 0.1) is 21.6 Å². The predicted molar refractivity (Wildman–Crippen MR) is 90.8 cm³/mol. The second-order valence-corrected chi connectivity index (χ2v) is 5.79. The van der Waals surface area contributed by atoms with Crippen molar-refractivity contribution in [3.05, 3.63) is 69.1 Å². The smallest absolute Gasteiger partial charge is 0.328 e. The average Bonchev–Trinajstić information content (AvgIpc) is 2.77. The van der Waals surface area contributed by atoms with Crippen molar-refractivity contribution >= 4 is 28.5 Å². The number of hydrogen-bond acceptors (Lipinski definition) is 2. The molecule has 1 N–H and O–H groups in total. The number of hydrogen-bond donors (Lipinski definition) is 1. The van der Waals surface area contributed by atoms with Crippen molar-refractivity contribution in [3.8, 4) is 0 Å². The molecule has 0 saturated heterocycles. The highest BCUT2D eigenvalue weighted by Gasteiger charge is 2.11. The standard InChI is InChI=1S/C17H16ClN3O2/c1-20-14-8-7-11(9-15(14)21(2)17(20)23)10-19-16(22)12-5-3-4-6-13(12)18/h3-9H,10H2,1-2H3,(H,19,22). The maximum Gasteiger partial charge on any atom is 0.328 e. The fraction of sp³-hybridized carbons (Fsp3) is 0.176. The minimum atomic E-state index is -0.224. The first kappa shape index (κ1) is 15.4. The maximum absolute atomic E-state index is 12.2. The van der Waals surface area contributed by atoms with Crippen LogP contribution >= 0.6 is 11.6 Å². The summed E-state index contributed by atoms with van der Waals surface area (Å²) < 4.78 is 3.19. The van der Waals surface area contributed by atoms with E-state index < -0.39 is 0 Å². The van der Waals surface area contributed by atoms with E-state index in [0.717, 1.165) is 16.6 Å². The number of amides is 1. The molecule has 2 aromatic carbocycles. The highest BCUT2D eigenvalue weighted by atomic mass is 35.5. The second-order valence-electron chi connectivity index (χ2n) is 5.39. The molecule has 0 unspecified atom stereocenters. The molecule has 3 aromatic rings. The van der Waals surface area contributed by atoms with E-state index in [4.69, 9.17) is 11.6 Å². The van der Waals surface area contributed by atoms with Gasteiger partial charge in [0.15, 0.2) is 0 Å². The summed E-state index contributed by atoms with van der Waals surface area (Å²) in [5.74, 6) is -0.224. The molecule has 0 radical (unpaired) electrons. The Hall–Kier alpha value is -2.53. The van der Waals surface area contributed by atoms with Crippen LogP contribution in [0.2, 0.25) is 5.02 Å². The normalized spacial score (nSPS) is 10.9. The molecule has 1 amide bonds. The molecule has 0 aliphatic rings. The molecule has 0 aliphatic carbocycles. The van der Waals surface area contributed by atoms with Gasteiger partial charge in [-0.15, -0.1) is 0 Å². The summed E-state index contributed by atoms with van der Waals surface area (Å²) >= 11 is 6.02. The van der Waals surface area contributed by atoms with Gasteiger partial charge in [-0.3, -0.25) is 13.9 Å². The molecule has 5 nitrogen and oxygen atoms in total. The molecule has 0 aliphatic heterocycles. The first-order chi connectivity index (χ1) is 11.0. The van der Waals surface area contributed by atoms with Gasteiger partial charge in [0.25, 0.3) is 5.91 Å². The number of nitrogens with one attached hydrogen (secondary N) is 1. The maximum atomic E-state index is 12.2. The van der Waals surface area contributed by atoms with Crippen molar-refractivity contribution < 1.29 is 4.79 Å². The lowest BCUT2D eigenvalue weighted by Crippen LogP contribution is -2.23. The van der Waals surface area contributed by atoms with Crippen LogP contribution in [-0.2, 0) is 20.6 Å². The largest absolute Gasteiger partial charge is 0.348 e. The zero-order valence-corrected chi connectivity index (χ0v) is 13.6. The van der Waals surface area contributed by atoms with Gasteiger partial charge in [-0.25, -0.2) is 4.79 Å². The topological polar surface area (TPSA) is 56.0 Å². The first-order valence-corrected chi connectivity index (χ1v) is 7.54. The van der Waals surface area contributed by atoms with Crippen molar-refractivity contribution in [1.82, 2.24) is 14.5 Å². The van der Waals surface area contributed by atoms with Crippen molar-refractivity contribution in [1.29, 1.82) is 0 Å². The van der Waals surface area contributed by atoms with E-state index >= 15 is 0 Å². The Balaban J connectivity index is 1.83. The SMILES string of the molecule is Cn1c(=O)n(C)c2cc(CNC(=O)c3ccccc3Cl)ccc21. The molecule has 0 bridgehead atoms. The predicted octanol–water partition coefficient (Wildman–Crippen LogP) is 2.46. The van der Waals surface area contributed by atoms with Crippen LogP contribution < -0.4 is 11.0 Å². The Morgan fingerprint density at radius 3 is 2.52 bits per heavy atom. The Morgan fingerprint density at radius 2 is 1.78 bits per heavy atom. The lowest BCUT2D eigenvalue weighted by Gasteiger charge is -2.07. The summed E-state index contributed by atoms with van der Waals surface area (Å²) in [5, 5.41) is 3.27. The van der Waals surface area contributed by atoms with Crippen LogP contribution in [-0.4, -0.2) is 15.0 Å². The lowest BCUT2D eigenvalue weighted by molar-refractivity contribution is 0.0951. The molecular weight excluding hydrogens is 314 g/mol. The number of imidazole rings is 1. The van der Waals surface area contributed by atoms with E-state index in [-0.39, 0.29) is 11.6 Å². The number of aromatic nitrogens is 2. The molecule has 1 aromatic heterocycles. The molecule has 23 heavy (non-hydrogen) atoms. The molecule has 1 heterocycles. The zero-order valence-electron chi connectivity index (χ0n) is 12.8. The molecular formula is C17H16ClN3O2. The zero-order chi connectivity index (χ0) is 16.6. The third-order valence-corrected chi connectivity index (χ3v) is 4.24. The minimum Gasteiger partial charge on any atom is -0.348 e. The third kappa shape index (κ3) is 2.75. The summed E-state index contributed by atoms with van der Waals surface area (Å²) in [6.45, 7) is 0.364. The number of fused-ring (bicyclic) bond motifs is 1. The van der Waals surface area contributed by atoms with Gasteiger partial charge in [0.1, 0.15) is 0 Å². The monoisotopic (exact) mass is 329 g/mol. The third-order valence-electron chi connectivity index (χ3n) is 3.91. The van der Waals surface area contributed by atoms with E-state index in [9.17, 15) is 9.59 Å². The van der Waals surface area contributed by atoms with Gasteiger partial charge in [0.2, 0.25) is 0 Å². The minimum absolute atomic E-state index is 0.0720. The summed E-state index contributed by atoms with van der Waals surface area (Å²) in [5.41, 5.74) is 2.99. The Bertz CT molecular complexity index is 956. The van der Waals surface area contributed by atoms with E-state index in [1.165, 1.54) is 0 Å². The van der Waals surface area contributed by atoms with E-state index in [1.807, 2.05) is 18.2 Å². The number of benzene rings is 2. The molecule has 3 rings (SSSR count). The van der Waals surface area contributed by atoms with Crippen molar-refractivity contribution in [2.75, 3.05) is 0 Å². The number of aryl methyl sites for hydroxylation is 2. The van der Waals surface area contributed by atoms with E-state index in [1.54, 1.807) is 47.5 Å². The number of carbonyl (C=O) groups excluding carboxylic acids is 1. The molecule has 0 saturated carbocycles. The second kappa shape index (κ2) is 5.93. The Labute approximate surface area is 138 Å². The van der Waals surface area contributed by atoms with Crippen LogP contribution in [0.15, 0.2) is 47.3 Å². The van der Waals surface area contributed by atoms with Crippen molar-refractivity contribution in [2.24, 2.45) is 14.1 Å². The van der Waals surface area contributed by atoms with Gasteiger partial charge < -0.3 is 5.32 Å². The summed E-state index contributed by atoms with van der Waals surface area (Å²) in [6.07, 6.45) is 0. The fourth-order valence-electron chi connectivity index (χ4n) is 2.59. The molecule has 0 fully saturated rings. The fourth-order valence-corrected chi connectivity index (χ4v) is 2.81. The number of nitrogens with zero attached hydrogens (tertiary/aromatic N) is 2. The van der Waals surface area contributed by atoms with Gasteiger partial charge in [0, 0.05) is 20.6 Å². The van der Waals surface area contributed by atoms with Gasteiger partial charge in [-0.05, 0) is 29.8 Å². The van der Waals surface area contributed by atoms with E-state index in [2.05, 4.69) is 5.32 Å². The molecule has 0 spiro atoms. The highest BCUT2D eigenvalue weighted by molar-refractivity contribution is 6.33. The number of halogens is 1. The first-order valence-electron chi connectivity index (χ1n) is 7.16. The molecule has 118 valence electrons. The molecule has 0 atom stereocenters.